The van der Waals surface area contributed by atoms with E-state index in [-0.39, 0.29) is 46.5 Å². The minimum Gasteiger partial charge on any atom is -0.508 e. The van der Waals surface area contributed by atoms with Crippen LogP contribution in [0, 0.1) is 17.8 Å². The fourth-order valence-corrected chi connectivity index (χ4v) is 5.68. The van der Waals surface area contributed by atoms with Gasteiger partial charge in [-0.2, -0.15) is 0 Å². The van der Waals surface area contributed by atoms with Crippen molar-refractivity contribution in [2.45, 2.75) is 25.7 Å². The van der Waals surface area contributed by atoms with Crippen molar-refractivity contribution in [2.75, 3.05) is 0 Å². The third kappa shape index (κ3) is 2.56. The molecule has 1 aliphatic heterocycles. The minimum absolute atomic E-state index is 0.00875. The first-order valence-corrected chi connectivity index (χ1v) is 10.2. The summed E-state index contributed by atoms with van der Waals surface area (Å²) in [5.41, 5.74) is 2.56. The Labute approximate surface area is 177 Å². The number of ketones is 2. The Morgan fingerprint density at radius 3 is 2.60 bits per heavy atom. The van der Waals surface area contributed by atoms with E-state index in [0.717, 1.165) is 5.57 Å². The zero-order chi connectivity index (χ0) is 21.3. The standard InChI is InChI=1S/C23H18ClNO5/c1-9-6-17(27)20-15(21(9)28)8-14-11(4-5-13-19(14)23(30)25-22(13)29)18(20)12-3-2-10(26)7-16(12)24/h2-4,6-7,13-14,18-19,26H,5,8H2,1H3,(H,25,29,30). The molecule has 4 aliphatic rings. The maximum absolute atomic E-state index is 13.0. The predicted octanol–water partition coefficient (Wildman–Crippen LogP) is 2.76. The highest BCUT2D eigenvalue weighted by Crippen LogP contribution is 2.54. The maximum atomic E-state index is 13.0. The number of imide groups is 1. The van der Waals surface area contributed by atoms with E-state index in [9.17, 15) is 24.3 Å². The molecule has 30 heavy (non-hydrogen) atoms. The average Bonchev–Trinajstić information content (AvgIpc) is 2.99. The van der Waals surface area contributed by atoms with Crippen molar-refractivity contribution in [2.24, 2.45) is 17.8 Å². The van der Waals surface area contributed by atoms with Crippen molar-refractivity contribution < 1.29 is 24.3 Å². The number of carbonyl (C=O) groups is 4. The molecule has 0 spiro atoms. The number of carbonyl (C=O) groups excluding carboxylic acids is 4. The van der Waals surface area contributed by atoms with Crippen LogP contribution >= 0.6 is 11.6 Å². The fourth-order valence-electron chi connectivity index (χ4n) is 5.40. The lowest BCUT2D eigenvalue weighted by molar-refractivity contribution is -0.126. The smallest absolute Gasteiger partial charge is 0.231 e. The van der Waals surface area contributed by atoms with Gasteiger partial charge in [-0.25, -0.2) is 0 Å². The topological polar surface area (TPSA) is 101 Å². The van der Waals surface area contributed by atoms with Gasteiger partial charge >= 0.3 is 0 Å². The lowest BCUT2D eigenvalue weighted by atomic mass is 9.59. The quantitative estimate of drug-likeness (QED) is 0.411. The van der Waals surface area contributed by atoms with Crippen LogP contribution in [0.2, 0.25) is 5.02 Å². The molecule has 1 fully saturated rings. The van der Waals surface area contributed by atoms with Crippen molar-refractivity contribution in [3.05, 3.63) is 63.2 Å². The Kier molecular flexibility index (Phi) is 4.12. The highest BCUT2D eigenvalue weighted by molar-refractivity contribution is 6.32. The summed E-state index contributed by atoms with van der Waals surface area (Å²) in [7, 11) is 0. The molecule has 1 saturated heterocycles. The van der Waals surface area contributed by atoms with Gasteiger partial charge < -0.3 is 5.11 Å². The molecule has 2 N–H and O–H groups in total. The number of allylic oxidation sites excluding steroid dienone is 6. The number of amides is 2. The highest BCUT2D eigenvalue weighted by atomic mass is 35.5. The van der Waals surface area contributed by atoms with Crippen LogP contribution in [0.5, 0.6) is 5.75 Å². The lowest BCUT2D eigenvalue weighted by Crippen LogP contribution is -2.39. The number of halogens is 1. The Morgan fingerprint density at radius 1 is 1.10 bits per heavy atom. The molecule has 1 aromatic rings. The zero-order valence-electron chi connectivity index (χ0n) is 16.1. The summed E-state index contributed by atoms with van der Waals surface area (Å²) in [6.07, 6.45) is 3.90. The molecule has 1 heterocycles. The Balaban J connectivity index is 1.74. The van der Waals surface area contributed by atoms with Gasteiger partial charge in [0, 0.05) is 27.7 Å². The molecule has 7 heteroatoms. The van der Waals surface area contributed by atoms with E-state index in [4.69, 9.17) is 11.6 Å². The lowest BCUT2D eigenvalue weighted by Gasteiger charge is -2.42. The summed E-state index contributed by atoms with van der Waals surface area (Å²) in [5.74, 6) is -3.09. The van der Waals surface area contributed by atoms with Crippen molar-refractivity contribution in [1.29, 1.82) is 0 Å². The van der Waals surface area contributed by atoms with Gasteiger partial charge in [0.15, 0.2) is 11.6 Å². The molecular formula is C23H18ClNO5. The summed E-state index contributed by atoms with van der Waals surface area (Å²) in [5, 5.41) is 12.5. The molecule has 5 rings (SSSR count). The van der Waals surface area contributed by atoms with Crippen LogP contribution < -0.4 is 5.32 Å². The number of aromatic hydroxyl groups is 1. The number of fused-ring (bicyclic) bond motifs is 3. The number of hydrogen-bond donors (Lipinski definition) is 2. The van der Waals surface area contributed by atoms with Crippen molar-refractivity contribution in [1.82, 2.24) is 5.32 Å². The van der Waals surface area contributed by atoms with Crippen LogP contribution in [0.1, 0.15) is 31.2 Å². The summed E-state index contributed by atoms with van der Waals surface area (Å²) in [4.78, 5) is 50.9. The number of benzene rings is 1. The number of phenolic OH excluding ortho intramolecular Hbond substituents is 1. The summed E-state index contributed by atoms with van der Waals surface area (Å²) >= 11 is 6.45. The first-order chi connectivity index (χ1) is 14.3. The number of phenols is 1. The van der Waals surface area contributed by atoms with E-state index in [1.807, 2.05) is 6.08 Å². The molecule has 1 aromatic carbocycles. The Hall–Kier alpha value is -2.99. The van der Waals surface area contributed by atoms with Crippen LogP contribution in [-0.4, -0.2) is 28.5 Å². The number of hydrogen-bond acceptors (Lipinski definition) is 5. The zero-order valence-corrected chi connectivity index (χ0v) is 16.8. The predicted molar refractivity (Wildman–Crippen MR) is 108 cm³/mol. The summed E-state index contributed by atoms with van der Waals surface area (Å²) < 4.78 is 0. The van der Waals surface area contributed by atoms with Gasteiger partial charge in [0.2, 0.25) is 11.8 Å². The van der Waals surface area contributed by atoms with Gasteiger partial charge in [-0.1, -0.05) is 29.3 Å². The van der Waals surface area contributed by atoms with Crippen molar-refractivity contribution in [3.63, 3.8) is 0 Å². The second kappa shape index (κ2) is 6.51. The van der Waals surface area contributed by atoms with Gasteiger partial charge in [-0.05, 0) is 49.5 Å². The summed E-state index contributed by atoms with van der Waals surface area (Å²) in [6.45, 7) is 1.60. The van der Waals surface area contributed by atoms with Crippen LogP contribution in [0.25, 0.3) is 0 Å². The van der Waals surface area contributed by atoms with E-state index in [2.05, 4.69) is 5.32 Å². The van der Waals surface area contributed by atoms with Gasteiger partial charge in [0.05, 0.1) is 11.8 Å². The summed E-state index contributed by atoms with van der Waals surface area (Å²) in [6, 6.07) is 4.53. The van der Waals surface area contributed by atoms with E-state index >= 15 is 0 Å². The molecule has 152 valence electrons. The molecule has 0 saturated carbocycles. The van der Waals surface area contributed by atoms with Crippen LogP contribution in [0.3, 0.4) is 0 Å². The largest absolute Gasteiger partial charge is 0.508 e. The second-order valence-corrected chi connectivity index (χ2v) is 8.70. The maximum Gasteiger partial charge on any atom is 0.231 e. The Bertz CT molecular complexity index is 1160. The Morgan fingerprint density at radius 2 is 1.87 bits per heavy atom. The number of nitrogens with one attached hydrogen (secondary N) is 1. The minimum atomic E-state index is -0.600. The molecule has 2 amide bonds. The van der Waals surface area contributed by atoms with E-state index in [1.165, 1.54) is 18.2 Å². The van der Waals surface area contributed by atoms with Gasteiger partial charge in [-0.15, -0.1) is 0 Å². The second-order valence-electron chi connectivity index (χ2n) is 8.29. The molecule has 6 nitrogen and oxygen atoms in total. The normalized spacial score (nSPS) is 30.3. The third-order valence-corrected chi connectivity index (χ3v) is 7.03. The molecule has 0 bridgehead atoms. The van der Waals surface area contributed by atoms with Gasteiger partial charge in [0.25, 0.3) is 0 Å². The van der Waals surface area contributed by atoms with E-state index < -0.39 is 17.8 Å². The van der Waals surface area contributed by atoms with Gasteiger partial charge in [0.1, 0.15) is 5.75 Å². The molecule has 0 aromatic heterocycles. The SMILES string of the molecule is CC1=CC(=O)C2=C(CC3C(=CCC4C(=O)NC(=O)C43)C2c2ccc(O)cc2Cl)C1=O. The molecule has 3 aliphatic carbocycles. The molecule has 0 radical (unpaired) electrons. The monoisotopic (exact) mass is 423 g/mol. The van der Waals surface area contributed by atoms with Crippen LogP contribution in [-0.2, 0) is 19.2 Å². The third-order valence-electron chi connectivity index (χ3n) is 6.70. The average molecular weight is 424 g/mol. The van der Waals surface area contributed by atoms with Crippen molar-refractivity contribution in [3.8, 4) is 5.75 Å². The van der Waals surface area contributed by atoms with Crippen molar-refractivity contribution >= 4 is 35.0 Å². The molecular weight excluding hydrogens is 406 g/mol. The first-order valence-electron chi connectivity index (χ1n) is 9.81. The van der Waals surface area contributed by atoms with Crippen LogP contribution in [0.4, 0.5) is 0 Å². The molecule has 4 unspecified atom stereocenters. The van der Waals surface area contributed by atoms with Crippen LogP contribution in [0.15, 0.2) is 52.6 Å². The van der Waals surface area contributed by atoms with Gasteiger partial charge in [-0.3, -0.25) is 24.5 Å². The molecule has 4 atom stereocenters. The highest BCUT2D eigenvalue weighted by Gasteiger charge is 2.53. The van der Waals surface area contributed by atoms with E-state index in [1.54, 1.807) is 13.0 Å². The fraction of sp³-hybridized carbons (Fsp3) is 0.304. The first kappa shape index (κ1) is 19.0. The number of rotatable bonds is 1. The number of Topliss-reactive ketones (excluding diaryl/α,β-unsaturated/α-hetero) is 1. The van der Waals surface area contributed by atoms with E-state index in [0.29, 0.717) is 28.7 Å².